The average Bonchev–Trinajstić information content (AvgIpc) is 1.98. The molecule has 12 heavy (non-hydrogen) atoms. The van der Waals surface area contributed by atoms with Crippen molar-refractivity contribution in [2.75, 3.05) is 7.05 Å². The van der Waals surface area contributed by atoms with Gasteiger partial charge in [0, 0.05) is 7.05 Å². The number of rotatable bonds is 4. The van der Waals surface area contributed by atoms with Crippen LogP contribution in [0.3, 0.4) is 0 Å². The molecule has 0 bridgehead atoms. The largest absolute Gasteiger partial charge is 0.358 e. The van der Waals surface area contributed by atoms with E-state index in [1.54, 1.807) is 0 Å². The molecule has 0 saturated heterocycles. The molecule has 1 amide bonds. The summed E-state index contributed by atoms with van der Waals surface area (Å²) in [5.74, 6) is -0.00332. The normalized spacial score (nSPS) is 13.6. The predicted molar refractivity (Wildman–Crippen MR) is 48.7 cm³/mol. The molecule has 3 N–H and O–H groups in total. The Kier molecular flexibility index (Phi) is 5.38. The van der Waals surface area contributed by atoms with Crippen LogP contribution in [0.5, 0.6) is 0 Å². The van der Waals surface area contributed by atoms with Crippen LogP contribution in [-0.4, -0.2) is 28.4 Å². The Morgan fingerprint density at radius 3 is 2.25 bits per heavy atom. The predicted octanol–water partition coefficient (Wildman–Crippen LogP) is 0.444. The summed E-state index contributed by atoms with van der Waals surface area (Å²) >= 11 is 0. The summed E-state index contributed by atoms with van der Waals surface area (Å²) in [6.45, 7) is 3.88. The van der Waals surface area contributed by atoms with Gasteiger partial charge in [-0.15, -0.1) is 0 Å². The average molecular weight is 193 g/mol. The van der Waals surface area contributed by atoms with Gasteiger partial charge in [-0.05, 0) is 12.3 Å². The minimum absolute atomic E-state index is 0.289. The molecule has 0 aromatic heterocycles. The maximum atomic E-state index is 11.1. The van der Waals surface area contributed by atoms with Gasteiger partial charge < -0.3 is 15.1 Å². The molecular formula is C7H16NO3P. The van der Waals surface area contributed by atoms with Gasteiger partial charge in [-0.2, -0.15) is 0 Å². The molecular weight excluding hydrogens is 177 g/mol. The van der Waals surface area contributed by atoms with Crippen LogP contribution in [0.15, 0.2) is 0 Å². The fourth-order valence-electron chi connectivity index (χ4n) is 0.919. The Morgan fingerprint density at radius 2 is 2.00 bits per heavy atom. The van der Waals surface area contributed by atoms with Crippen molar-refractivity contribution in [3.63, 3.8) is 0 Å². The monoisotopic (exact) mass is 193 g/mol. The van der Waals surface area contributed by atoms with E-state index in [4.69, 9.17) is 9.79 Å². The molecule has 0 aliphatic heterocycles. The van der Waals surface area contributed by atoms with Crippen LogP contribution in [0.1, 0.15) is 20.3 Å². The van der Waals surface area contributed by atoms with Crippen molar-refractivity contribution in [1.29, 1.82) is 0 Å². The number of carbonyl (C=O) groups is 1. The minimum Gasteiger partial charge on any atom is -0.358 e. The highest BCUT2D eigenvalue weighted by molar-refractivity contribution is 7.47. The van der Waals surface area contributed by atoms with Crippen molar-refractivity contribution in [3.8, 4) is 0 Å². The van der Waals surface area contributed by atoms with Crippen molar-refractivity contribution in [2.45, 2.75) is 25.9 Å². The number of hydrogen-bond donors (Lipinski definition) is 3. The number of nitrogens with one attached hydrogen (secondary N) is 1. The Balaban J connectivity index is 4.13. The zero-order valence-electron chi connectivity index (χ0n) is 7.61. The van der Waals surface area contributed by atoms with Crippen LogP contribution in [-0.2, 0) is 4.79 Å². The smallest absolute Gasteiger partial charge is 0.231 e. The van der Waals surface area contributed by atoms with Crippen LogP contribution in [0, 0.1) is 5.92 Å². The van der Waals surface area contributed by atoms with Crippen molar-refractivity contribution >= 4 is 14.3 Å². The molecule has 5 heteroatoms. The molecule has 0 spiro atoms. The molecule has 0 saturated carbocycles. The Hall–Kier alpha value is -0.180. The van der Waals surface area contributed by atoms with Crippen molar-refractivity contribution in [2.24, 2.45) is 5.92 Å². The van der Waals surface area contributed by atoms with Crippen LogP contribution in [0.2, 0.25) is 0 Å². The lowest BCUT2D eigenvalue weighted by Crippen LogP contribution is -2.31. The van der Waals surface area contributed by atoms with Gasteiger partial charge in [-0.25, -0.2) is 0 Å². The Labute approximate surface area is 73.9 Å². The van der Waals surface area contributed by atoms with Gasteiger partial charge in [-0.1, -0.05) is 13.8 Å². The molecule has 4 nitrogen and oxygen atoms in total. The third-order valence-corrected chi connectivity index (χ3v) is 2.53. The van der Waals surface area contributed by atoms with Gasteiger partial charge in [0.05, 0.1) is 0 Å². The summed E-state index contributed by atoms with van der Waals surface area (Å²) in [6, 6.07) is 0. The fourth-order valence-corrected chi connectivity index (χ4v) is 1.87. The molecule has 0 radical (unpaired) electrons. The molecule has 1 atom stereocenters. The maximum absolute atomic E-state index is 11.1. The highest BCUT2D eigenvalue weighted by Gasteiger charge is 2.25. The van der Waals surface area contributed by atoms with Crippen molar-refractivity contribution in [1.82, 2.24) is 5.32 Å². The Bertz CT molecular complexity index is 150. The summed E-state index contributed by atoms with van der Waals surface area (Å²) in [4.78, 5) is 28.9. The van der Waals surface area contributed by atoms with Crippen LogP contribution >= 0.6 is 8.38 Å². The van der Waals surface area contributed by atoms with Crippen molar-refractivity contribution < 1.29 is 14.6 Å². The van der Waals surface area contributed by atoms with E-state index in [-0.39, 0.29) is 11.8 Å². The third-order valence-electron chi connectivity index (χ3n) is 1.52. The lowest BCUT2D eigenvalue weighted by molar-refractivity contribution is -0.120. The second-order valence-electron chi connectivity index (χ2n) is 3.08. The van der Waals surface area contributed by atoms with Gasteiger partial charge in [0.15, 0.2) is 8.38 Å². The van der Waals surface area contributed by atoms with Gasteiger partial charge in [0.1, 0.15) is 5.66 Å². The van der Waals surface area contributed by atoms with Crippen molar-refractivity contribution in [3.05, 3.63) is 0 Å². The molecule has 0 aromatic rings. The molecule has 1 unspecified atom stereocenters. The zero-order chi connectivity index (χ0) is 9.72. The van der Waals surface area contributed by atoms with E-state index in [1.165, 1.54) is 7.05 Å². The van der Waals surface area contributed by atoms with E-state index in [1.807, 2.05) is 13.8 Å². The maximum Gasteiger partial charge on any atom is 0.231 e. The number of hydrogen-bond acceptors (Lipinski definition) is 3. The minimum atomic E-state index is -2.15. The molecule has 0 aliphatic carbocycles. The fraction of sp³-hybridized carbons (Fsp3) is 0.857. The molecule has 0 aromatic carbocycles. The first-order chi connectivity index (χ1) is 5.49. The van der Waals surface area contributed by atoms with Gasteiger partial charge in [-0.3, -0.25) is 4.79 Å². The van der Waals surface area contributed by atoms with E-state index in [9.17, 15) is 4.79 Å². The summed E-state index contributed by atoms with van der Waals surface area (Å²) in [5, 5.41) is 2.41. The highest BCUT2D eigenvalue weighted by atomic mass is 31.2. The summed E-state index contributed by atoms with van der Waals surface area (Å²) in [5.41, 5.74) is -0.648. The number of carbonyl (C=O) groups excluding carboxylic acids is 1. The van der Waals surface area contributed by atoms with E-state index < -0.39 is 14.0 Å². The second kappa shape index (κ2) is 5.46. The SMILES string of the molecule is CNC(=O)C(CC(C)C)P(O)O. The van der Waals surface area contributed by atoms with E-state index >= 15 is 0 Å². The Morgan fingerprint density at radius 1 is 1.50 bits per heavy atom. The van der Waals surface area contributed by atoms with Crippen LogP contribution in [0.25, 0.3) is 0 Å². The van der Waals surface area contributed by atoms with Gasteiger partial charge in [0.2, 0.25) is 5.91 Å². The van der Waals surface area contributed by atoms with E-state index in [2.05, 4.69) is 5.32 Å². The first-order valence-corrected chi connectivity index (χ1v) is 5.19. The lowest BCUT2D eigenvalue weighted by Gasteiger charge is -2.17. The molecule has 0 rings (SSSR count). The van der Waals surface area contributed by atoms with E-state index in [0.29, 0.717) is 6.42 Å². The first-order valence-electron chi connectivity index (χ1n) is 3.87. The quantitative estimate of drug-likeness (QED) is 0.567. The summed E-state index contributed by atoms with van der Waals surface area (Å²) < 4.78 is 0. The first kappa shape index (κ1) is 11.8. The standard InChI is InChI=1S/C7H16NO3P/c1-5(2)4-6(12(10)11)7(9)8-3/h5-6,10-11H,4H2,1-3H3,(H,8,9). The molecule has 0 heterocycles. The lowest BCUT2D eigenvalue weighted by atomic mass is 10.1. The topological polar surface area (TPSA) is 69.6 Å². The van der Waals surface area contributed by atoms with Gasteiger partial charge in [0.25, 0.3) is 0 Å². The summed E-state index contributed by atoms with van der Waals surface area (Å²) in [6.07, 6.45) is 0.512. The highest BCUT2D eigenvalue weighted by Crippen LogP contribution is 2.35. The zero-order valence-corrected chi connectivity index (χ0v) is 8.51. The van der Waals surface area contributed by atoms with Crippen LogP contribution < -0.4 is 5.32 Å². The van der Waals surface area contributed by atoms with Gasteiger partial charge >= 0.3 is 0 Å². The molecule has 0 aliphatic rings. The van der Waals surface area contributed by atoms with Crippen LogP contribution in [0.4, 0.5) is 0 Å². The van der Waals surface area contributed by atoms with E-state index in [0.717, 1.165) is 0 Å². The summed E-state index contributed by atoms with van der Waals surface area (Å²) in [7, 11) is -0.659. The third kappa shape index (κ3) is 4.00. The molecule has 0 fully saturated rings. The second-order valence-corrected chi connectivity index (χ2v) is 4.34. The molecule has 72 valence electrons. The number of amides is 1.